The first-order valence-corrected chi connectivity index (χ1v) is 8.54. The molecule has 7 nitrogen and oxygen atoms in total. The summed E-state index contributed by atoms with van der Waals surface area (Å²) in [6.07, 6.45) is 3.68. The standard InChI is InChI=1S/C19H22N2O5/c1-24-17-10-13(6-7-16(17)26-12-14-4-3-9-25-14)11-21-19(23)15-5-2-8-20-18(15)22/h2,5-8,10,14H,3-4,9,11-12H2,1H3,(H,20,22)(H,21,23)/t14-/m0/s1. The van der Waals surface area contributed by atoms with Crippen LogP contribution in [-0.4, -0.2) is 37.3 Å². The van der Waals surface area contributed by atoms with Crippen LogP contribution < -0.4 is 20.3 Å². The van der Waals surface area contributed by atoms with E-state index in [1.807, 2.05) is 12.1 Å². The molecule has 0 spiro atoms. The molecule has 2 N–H and O–H groups in total. The van der Waals surface area contributed by atoms with Crippen molar-refractivity contribution in [1.82, 2.24) is 10.3 Å². The molecule has 1 atom stereocenters. The van der Waals surface area contributed by atoms with Crippen molar-refractivity contribution >= 4 is 5.91 Å². The SMILES string of the molecule is COc1cc(CNC(=O)c2ccc[nH]c2=O)ccc1OC[C@@H]1CCCO1. The Labute approximate surface area is 151 Å². The van der Waals surface area contributed by atoms with E-state index >= 15 is 0 Å². The largest absolute Gasteiger partial charge is 0.493 e. The number of hydrogen-bond acceptors (Lipinski definition) is 5. The third-order valence-corrected chi connectivity index (χ3v) is 4.19. The molecule has 1 amide bonds. The van der Waals surface area contributed by atoms with E-state index in [1.165, 1.54) is 12.3 Å². The molecule has 1 aromatic heterocycles. The van der Waals surface area contributed by atoms with Gasteiger partial charge in [-0.2, -0.15) is 0 Å². The quantitative estimate of drug-likeness (QED) is 0.789. The monoisotopic (exact) mass is 358 g/mol. The maximum atomic E-state index is 12.1. The third kappa shape index (κ3) is 4.43. The molecule has 1 aliphatic rings. The molecular formula is C19H22N2O5. The number of aromatic nitrogens is 1. The zero-order valence-electron chi connectivity index (χ0n) is 14.6. The van der Waals surface area contributed by atoms with Crippen LogP contribution in [0.15, 0.2) is 41.3 Å². The summed E-state index contributed by atoms with van der Waals surface area (Å²) in [5.41, 5.74) is 0.503. The van der Waals surface area contributed by atoms with Gasteiger partial charge in [0.15, 0.2) is 11.5 Å². The maximum Gasteiger partial charge on any atom is 0.260 e. The fourth-order valence-corrected chi connectivity index (χ4v) is 2.78. The van der Waals surface area contributed by atoms with E-state index in [9.17, 15) is 9.59 Å². The number of hydrogen-bond donors (Lipinski definition) is 2. The topological polar surface area (TPSA) is 89.7 Å². The molecule has 0 unspecified atom stereocenters. The van der Waals surface area contributed by atoms with Gasteiger partial charge in [0.25, 0.3) is 11.5 Å². The zero-order chi connectivity index (χ0) is 18.4. The molecule has 1 saturated heterocycles. The molecule has 1 fully saturated rings. The van der Waals surface area contributed by atoms with Crippen molar-refractivity contribution in [2.75, 3.05) is 20.3 Å². The van der Waals surface area contributed by atoms with E-state index in [2.05, 4.69) is 10.3 Å². The Morgan fingerprint density at radius 1 is 1.35 bits per heavy atom. The van der Waals surface area contributed by atoms with Gasteiger partial charge in [-0.05, 0) is 42.7 Å². The lowest BCUT2D eigenvalue weighted by atomic mass is 10.2. The molecule has 2 aromatic rings. The van der Waals surface area contributed by atoms with E-state index in [0.29, 0.717) is 18.1 Å². The third-order valence-electron chi connectivity index (χ3n) is 4.19. The predicted octanol–water partition coefficient (Wildman–Crippen LogP) is 1.87. The number of nitrogens with one attached hydrogen (secondary N) is 2. The van der Waals surface area contributed by atoms with Crippen LogP contribution in [0.25, 0.3) is 0 Å². The second-order valence-electron chi connectivity index (χ2n) is 6.03. The van der Waals surface area contributed by atoms with Crippen molar-refractivity contribution in [3.63, 3.8) is 0 Å². The predicted molar refractivity (Wildman–Crippen MR) is 95.7 cm³/mol. The second kappa shape index (κ2) is 8.53. The minimum atomic E-state index is -0.426. The molecule has 0 aliphatic carbocycles. The van der Waals surface area contributed by atoms with Gasteiger partial charge in [0.05, 0.1) is 13.2 Å². The Balaban J connectivity index is 1.60. The number of benzene rings is 1. The summed E-state index contributed by atoms with van der Waals surface area (Å²) >= 11 is 0. The minimum absolute atomic E-state index is 0.0796. The first kappa shape index (κ1) is 18.0. The van der Waals surface area contributed by atoms with Crippen LogP contribution in [0.3, 0.4) is 0 Å². The van der Waals surface area contributed by atoms with Crippen LogP contribution in [0.1, 0.15) is 28.8 Å². The Kier molecular flexibility index (Phi) is 5.91. The number of pyridine rings is 1. The zero-order valence-corrected chi connectivity index (χ0v) is 14.6. The molecule has 7 heteroatoms. The van der Waals surface area contributed by atoms with Gasteiger partial charge < -0.3 is 24.5 Å². The minimum Gasteiger partial charge on any atom is -0.493 e. The van der Waals surface area contributed by atoms with Crippen LogP contribution in [-0.2, 0) is 11.3 Å². The summed E-state index contributed by atoms with van der Waals surface area (Å²) in [5.74, 6) is 0.800. The van der Waals surface area contributed by atoms with Crippen molar-refractivity contribution < 1.29 is 19.0 Å². The second-order valence-corrected chi connectivity index (χ2v) is 6.03. The molecular weight excluding hydrogens is 336 g/mol. The van der Waals surface area contributed by atoms with Gasteiger partial charge in [0.2, 0.25) is 0 Å². The van der Waals surface area contributed by atoms with Gasteiger partial charge in [-0.25, -0.2) is 0 Å². The molecule has 26 heavy (non-hydrogen) atoms. The molecule has 1 aromatic carbocycles. The number of aromatic amines is 1. The number of H-pyrrole nitrogens is 1. The van der Waals surface area contributed by atoms with E-state index in [4.69, 9.17) is 14.2 Å². The van der Waals surface area contributed by atoms with Crippen molar-refractivity contribution in [2.24, 2.45) is 0 Å². The first-order valence-electron chi connectivity index (χ1n) is 8.54. The lowest BCUT2D eigenvalue weighted by Crippen LogP contribution is -2.28. The molecule has 3 rings (SSSR count). The maximum absolute atomic E-state index is 12.1. The average Bonchev–Trinajstić information content (AvgIpc) is 3.18. The normalized spacial score (nSPS) is 16.3. The lowest BCUT2D eigenvalue weighted by molar-refractivity contribution is 0.0669. The summed E-state index contributed by atoms with van der Waals surface area (Å²) in [7, 11) is 1.57. The highest BCUT2D eigenvalue weighted by atomic mass is 16.5. The van der Waals surface area contributed by atoms with Crippen LogP contribution in [0, 0.1) is 0 Å². The van der Waals surface area contributed by atoms with Crippen LogP contribution in [0.2, 0.25) is 0 Å². The van der Waals surface area contributed by atoms with Gasteiger partial charge in [0, 0.05) is 19.3 Å². The van der Waals surface area contributed by atoms with Crippen molar-refractivity contribution in [2.45, 2.75) is 25.5 Å². The smallest absolute Gasteiger partial charge is 0.260 e. The van der Waals surface area contributed by atoms with Crippen LogP contribution in [0.5, 0.6) is 11.5 Å². The molecule has 2 heterocycles. The van der Waals surface area contributed by atoms with Gasteiger partial charge in [-0.1, -0.05) is 6.07 Å². The Morgan fingerprint density at radius 2 is 2.23 bits per heavy atom. The van der Waals surface area contributed by atoms with Crippen molar-refractivity contribution in [3.8, 4) is 11.5 Å². The summed E-state index contributed by atoms with van der Waals surface area (Å²) in [4.78, 5) is 26.2. The van der Waals surface area contributed by atoms with E-state index in [0.717, 1.165) is 25.0 Å². The summed E-state index contributed by atoms with van der Waals surface area (Å²) in [5, 5.41) is 2.73. The average molecular weight is 358 g/mol. The Morgan fingerprint density at radius 3 is 2.96 bits per heavy atom. The molecule has 138 valence electrons. The first-order chi connectivity index (χ1) is 12.7. The number of methoxy groups -OCH3 is 1. The van der Waals surface area contributed by atoms with Gasteiger partial charge in [-0.3, -0.25) is 9.59 Å². The number of ether oxygens (including phenoxy) is 3. The molecule has 0 radical (unpaired) electrons. The molecule has 0 bridgehead atoms. The summed E-state index contributed by atoms with van der Waals surface area (Å²) in [6.45, 7) is 1.55. The number of rotatable bonds is 7. The van der Waals surface area contributed by atoms with E-state index in [-0.39, 0.29) is 18.2 Å². The highest BCUT2D eigenvalue weighted by molar-refractivity contribution is 5.93. The van der Waals surface area contributed by atoms with Crippen LogP contribution >= 0.6 is 0 Å². The summed E-state index contributed by atoms with van der Waals surface area (Å²) in [6, 6.07) is 8.56. The number of carbonyl (C=O) groups excluding carboxylic acids is 1. The Hall–Kier alpha value is -2.80. The highest BCUT2D eigenvalue weighted by Crippen LogP contribution is 2.29. The van der Waals surface area contributed by atoms with Gasteiger partial charge in [-0.15, -0.1) is 0 Å². The number of amides is 1. The number of carbonyl (C=O) groups is 1. The van der Waals surface area contributed by atoms with Gasteiger partial charge in [0.1, 0.15) is 12.2 Å². The molecule has 1 aliphatic heterocycles. The Bertz CT molecular complexity index is 812. The summed E-state index contributed by atoms with van der Waals surface area (Å²) < 4.78 is 16.7. The van der Waals surface area contributed by atoms with Crippen LogP contribution in [0.4, 0.5) is 0 Å². The highest BCUT2D eigenvalue weighted by Gasteiger charge is 2.17. The van der Waals surface area contributed by atoms with E-state index < -0.39 is 11.5 Å². The lowest BCUT2D eigenvalue weighted by Gasteiger charge is -2.15. The fourth-order valence-electron chi connectivity index (χ4n) is 2.78. The fraction of sp³-hybridized carbons (Fsp3) is 0.368. The van der Waals surface area contributed by atoms with Crippen molar-refractivity contribution in [3.05, 3.63) is 58.0 Å². The van der Waals surface area contributed by atoms with Gasteiger partial charge >= 0.3 is 0 Å². The molecule has 0 saturated carbocycles. The van der Waals surface area contributed by atoms with E-state index in [1.54, 1.807) is 19.2 Å². The van der Waals surface area contributed by atoms with Crippen molar-refractivity contribution in [1.29, 1.82) is 0 Å².